The van der Waals surface area contributed by atoms with Gasteiger partial charge >= 0.3 is 0 Å². The van der Waals surface area contributed by atoms with E-state index in [4.69, 9.17) is 9.26 Å². The number of aromatic hydroxyl groups is 2. The second-order valence-corrected chi connectivity index (χ2v) is 5.27. The summed E-state index contributed by atoms with van der Waals surface area (Å²) in [7, 11) is 1.65. The summed E-state index contributed by atoms with van der Waals surface area (Å²) >= 11 is 0. The van der Waals surface area contributed by atoms with Gasteiger partial charge in [0, 0.05) is 12.1 Å². The van der Waals surface area contributed by atoms with Gasteiger partial charge in [-0.15, -0.1) is 0 Å². The Bertz CT molecular complexity index is 823. The molecule has 0 aliphatic heterocycles. The molecule has 2 aromatic carbocycles. The van der Waals surface area contributed by atoms with Crippen LogP contribution >= 0.6 is 0 Å². The Labute approximate surface area is 127 Å². The molecule has 0 spiro atoms. The Kier molecular flexibility index (Phi) is 3.63. The van der Waals surface area contributed by atoms with Crippen molar-refractivity contribution in [3.05, 3.63) is 47.2 Å². The van der Waals surface area contributed by atoms with E-state index in [1.165, 1.54) is 12.1 Å². The zero-order valence-electron chi connectivity index (χ0n) is 12.5. The maximum absolute atomic E-state index is 9.95. The summed E-state index contributed by atoms with van der Waals surface area (Å²) in [6.45, 7) is 2.00. The molecule has 3 rings (SSSR count). The molecule has 0 radical (unpaired) electrons. The van der Waals surface area contributed by atoms with Crippen LogP contribution < -0.4 is 4.74 Å². The van der Waals surface area contributed by atoms with Crippen molar-refractivity contribution < 1.29 is 19.5 Å². The van der Waals surface area contributed by atoms with E-state index in [0.29, 0.717) is 23.1 Å². The normalized spacial score (nSPS) is 11.0. The highest BCUT2D eigenvalue weighted by Crippen LogP contribution is 2.32. The molecule has 1 heterocycles. The number of rotatable bonds is 4. The van der Waals surface area contributed by atoms with Crippen molar-refractivity contribution in [1.82, 2.24) is 5.16 Å². The lowest BCUT2D eigenvalue weighted by molar-refractivity contribution is 0.411. The minimum Gasteiger partial charge on any atom is -0.508 e. The van der Waals surface area contributed by atoms with E-state index >= 15 is 0 Å². The molecule has 0 bridgehead atoms. The van der Waals surface area contributed by atoms with Crippen LogP contribution in [0.2, 0.25) is 0 Å². The minimum absolute atomic E-state index is 0.0165. The van der Waals surface area contributed by atoms with Crippen LogP contribution in [0.5, 0.6) is 17.2 Å². The summed E-state index contributed by atoms with van der Waals surface area (Å²) in [4.78, 5) is 0. The molecule has 0 unspecified atom stereocenters. The van der Waals surface area contributed by atoms with E-state index in [0.717, 1.165) is 23.3 Å². The number of aromatic nitrogens is 1. The third-order valence-electron chi connectivity index (χ3n) is 3.72. The van der Waals surface area contributed by atoms with Gasteiger partial charge in [0.1, 0.15) is 17.2 Å². The van der Waals surface area contributed by atoms with Gasteiger partial charge in [-0.05, 0) is 37.0 Å². The Morgan fingerprint density at radius 2 is 1.95 bits per heavy atom. The van der Waals surface area contributed by atoms with E-state index < -0.39 is 0 Å². The molecule has 5 nitrogen and oxygen atoms in total. The fourth-order valence-corrected chi connectivity index (χ4v) is 2.63. The highest BCUT2D eigenvalue weighted by Gasteiger charge is 2.14. The summed E-state index contributed by atoms with van der Waals surface area (Å²) in [5.74, 6) is 0.805. The fraction of sp³-hybridized carbons (Fsp3) is 0.235. The Hall–Kier alpha value is -2.69. The molecule has 0 atom stereocenters. The monoisotopic (exact) mass is 299 g/mol. The van der Waals surface area contributed by atoms with Crippen molar-refractivity contribution in [2.24, 2.45) is 0 Å². The van der Waals surface area contributed by atoms with Crippen LogP contribution in [0.3, 0.4) is 0 Å². The predicted molar refractivity (Wildman–Crippen MR) is 82.5 cm³/mol. The first-order chi connectivity index (χ1) is 10.6. The average molecular weight is 299 g/mol. The van der Waals surface area contributed by atoms with E-state index in [2.05, 4.69) is 11.2 Å². The first kappa shape index (κ1) is 14.3. The molecule has 0 saturated heterocycles. The number of aryl methyl sites for hydroxylation is 3. The summed E-state index contributed by atoms with van der Waals surface area (Å²) in [6.07, 6.45) is 1.41. The van der Waals surface area contributed by atoms with Crippen molar-refractivity contribution in [2.75, 3.05) is 7.11 Å². The lowest BCUT2D eigenvalue weighted by Gasteiger charge is -2.07. The van der Waals surface area contributed by atoms with Gasteiger partial charge in [-0.1, -0.05) is 17.3 Å². The predicted octanol–water partition coefficient (Wildman–Crippen LogP) is 3.34. The van der Waals surface area contributed by atoms with Gasteiger partial charge in [0.25, 0.3) is 0 Å². The molecule has 0 fully saturated rings. The van der Waals surface area contributed by atoms with Gasteiger partial charge < -0.3 is 19.5 Å². The lowest BCUT2D eigenvalue weighted by Crippen LogP contribution is -1.94. The molecule has 0 aliphatic carbocycles. The second kappa shape index (κ2) is 5.60. The van der Waals surface area contributed by atoms with Crippen LogP contribution in [0.15, 0.2) is 34.9 Å². The van der Waals surface area contributed by atoms with Crippen molar-refractivity contribution in [2.45, 2.75) is 19.8 Å². The number of fused-ring (bicyclic) bond motifs is 1. The maximum Gasteiger partial charge on any atom is 0.174 e. The Balaban J connectivity index is 1.84. The molecule has 0 amide bonds. The molecule has 3 aromatic rings. The van der Waals surface area contributed by atoms with Gasteiger partial charge in [0.2, 0.25) is 0 Å². The van der Waals surface area contributed by atoms with Gasteiger partial charge in [-0.3, -0.25) is 0 Å². The summed E-state index contributed by atoms with van der Waals surface area (Å²) < 4.78 is 10.4. The van der Waals surface area contributed by atoms with Gasteiger partial charge in [0.15, 0.2) is 5.58 Å². The summed E-state index contributed by atoms with van der Waals surface area (Å²) in [5, 5.41) is 24.0. The SMILES string of the molecule is COc1ccc(CCc2noc3cc(O)cc(O)c23)cc1C. The van der Waals surface area contributed by atoms with Crippen molar-refractivity contribution in [3.8, 4) is 17.2 Å². The number of phenolic OH excluding ortho intramolecular Hbond substituents is 2. The minimum atomic E-state index is -0.0431. The summed E-state index contributed by atoms with van der Waals surface area (Å²) in [5.41, 5.74) is 3.31. The van der Waals surface area contributed by atoms with Crippen LogP contribution in [0.4, 0.5) is 0 Å². The van der Waals surface area contributed by atoms with Gasteiger partial charge in [0.05, 0.1) is 18.2 Å². The van der Waals surface area contributed by atoms with E-state index in [1.54, 1.807) is 7.11 Å². The van der Waals surface area contributed by atoms with Crippen LogP contribution in [-0.2, 0) is 12.8 Å². The zero-order chi connectivity index (χ0) is 15.7. The van der Waals surface area contributed by atoms with Crippen molar-refractivity contribution in [3.63, 3.8) is 0 Å². The van der Waals surface area contributed by atoms with E-state index in [-0.39, 0.29) is 11.5 Å². The number of nitrogens with zero attached hydrogens (tertiary/aromatic N) is 1. The largest absolute Gasteiger partial charge is 0.508 e. The van der Waals surface area contributed by atoms with Gasteiger partial charge in [-0.2, -0.15) is 0 Å². The van der Waals surface area contributed by atoms with Crippen molar-refractivity contribution >= 4 is 11.0 Å². The molecule has 114 valence electrons. The molecular formula is C17H17NO4. The molecular weight excluding hydrogens is 282 g/mol. The van der Waals surface area contributed by atoms with Crippen LogP contribution in [0.1, 0.15) is 16.8 Å². The molecule has 22 heavy (non-hydrogen) atoms. The van der Waals surface area contributed by atoms with Crippen LogP contribution in [-0.4, -0.2) is 22.5 Å². The summed E-state index contributed by atoms with van der Waals surface area (Å²) in [6, 6.07) is 8.78. The van der Waals surface area contributed by atoms with Crippen LogP contribution in [0, 0.1) is 6.92 Å². The highest BCUT2D eigenvalue weighted by molar-refractivity contribution is 5.87. The van der Waals surface area contributed by atoms with Gasteiger partial charge in [-0.25, -0.2) is 0 Å². The molecule has 0 aliphatic rings. The number of hydrogen-bond donors (Lipinski definition) is 2. The average Bonchev–Trinajstić information content (AvgIpc) is 2.88. The third-order valence-corrected chi connectivity index (χ3v) is 3.72. The van der Waals surface area contributed by atoms with E-state index in [9.17, 15) is 10.2 Å². The Morgan fingerprint density at radius 1 is 1.14 bits per heavy atom. The lowest BCUT2D eigenvalue weighted by atomic mass is 10.0. The molecule has 2 N–H and O–H groups in total. The number of methoxy groups -OCH3 is 1. The maximum atomic E-state index is 9.95. The standard InChI is InChI=1S/C17H17NO4/c1-10-7-11(4-6-15(10)21-2)3-5-13-17-14(20)8-12(19)9-16(17)22-18-13/h4,6-9,19-20H,3,5H2,1-2H3. The second-order valence-electron chi connectivity index (χ2n) is 5.27. The first-order valence-electron chi connectivity index (χ1n) is 7.02. The molecule has 0 saturated carbocycles. The molecule has 5 heteroatoms. The number of hydrogen-bond acceptors (Lipinski definition) is 5. The van der Waals surface area contributed by atoms with Crippen molar-refractivity contribution in [1.29, 1.82) is 0 Å². The van der Waals surface area contributed by atoms with E-state index in [1.807, 2.05) is 19.1 Å². The Morgan fingerprint density at radius 3 is 2.68 bits per heavy atom. The fourth-order valence-electron chi connectivity index (χ4n) is 2.63. The van der Waals surface area contributed by atoms with Crippen LogP contribution in [0.25, 0.3) is 11.0 Å². The quantitative estimate of drug-likeness (QED) is 0.772. The number of benzene rings is 2. The molecule has 1 aromatic heterocycles. The number of ether oxygens (including phenoxy) is 1. The first-order valence-corrected chi connectivity index (χ1v) is 7.02. The third kappa shape index (κ3) is 2.57. The smallest absolute Gasteiger partial charge is 0.174 e. The number of phenols is 2. The topological polar surface area (TPSA) is 75.7 Å². The zero-order valence-corrected chi connectivity index (χ0v) is 12.5. The highest BCUT2D eigenvalue weighted by atomic mass is 16.5.